The standard InChI is InChI=1S/C30H29ClF3N11/c1-17-20(6-5-7-24(17)44-16-38-41-43-44)27(23-14-45(42-40-23)29(8-9-29)30(32,33)34)39-19-10-21-25(37-15-28(2,3)4)18(12-35)13-36-26(21)22(31)11-19/h5-7,10-11,13-14,16,27,39H,8-9,15H2,1-4H3,(H,36,37)/t27-/m0/s1. The van der Waals surface area contributed by atoms with E-state index in [0.29, 0.717) is 50.7 Å². The number of nitrogens with zero attached hydrogens (tertiary/aromatic N) is 9. The van der Waals surface area contributed by atoms with Crippen molar-refractivity contribution in [3.63, 3.8) is 0 Å². The molecule has 0 spiro atoms. The van der Waals surface area contributed by atoms with E-state index in [1.165, 1.54) is 23.4 Å². The summed E-state index contributed by atoms with van der Waals surface area (Å²) in [6.07, 6.45) is -0.316. The SMILES string of the molecule is Cc1c([C@H](Nc2cc(Cl)c3ncc(C#N)c(NCC(C)(C)C)c3c2)c2cn(C3(C(F)(F)F)CC3)nn2)cccc1-n1cnnn1. The molecule has 0 bridgehead atoms. The highest BCUT2D eigenvalue weighted by atomic mass is 35.5. The number of benzene rings is 2. The van der Waals surface area contributed by atoms with Gasteiger partial charge in [0.25, 0.3) is 0 Å². The summed E-state index contributed by atoms with van der Waals surface area (Å²) in [4.78, 5) is 4.43. The van der Waals surface area contributed by atoms with Crippen molar-refractivity contribution < 1.29 is 13.2 Å². The Balaban J connectivity index is 1.48. The first-order valence-electron chi connectivity index (χ1n) is 14.2. The Kier molecular flexibility index (Phi) is 7.39. The molecular formula is C30H29ClF3N11. The van der Waals surface area contributed by atoms with Gasteiger partial charge in [-0.2, -0.15) is 18.4 Å². The minimum absolute atomic E-state index is 0.0654. The average molecular weight is 636 g/mol. The average Bonchev–Trinajstić information content (AvgIpc) is 3.38. The molecule has 5 aromatic rings. The molecule has 15 heteroatoms. The largest absolute Gasteiger partial charge is 0.413 e. The Labute approximate surface area is 261 Å². The fourth-order valence-electron chi connectivity index (χ4n) is 5.30. The van der Waals surface area contributed by atoms with Crippen molar-refractivity contribution >= 4 is 33.9 Å². The number of anilines is 2. The van der Waals surface area contributed by atoms with Crippen LogP contribution in [0.4, 0.5) is 24.5 Å². The molecule has 0 saturated heterocycles. The van der Waals surface area contributed by atoms with E-state index < -0.39 is 17.8 Å². The lowest BCUT2D eigenvalue weighted by Gasteiger charge is -2.23. The summed E-state index contributed by atoms with van der Waals surface area (Å²) in [5.41, 5.74) is 2.24. The third kappa shape index (κ3) is 5.64. The van der Waals surface area contributed by atoms with Crippen LogP contribution in [0.25, 0.3) is 16.6 Å². The molecule has 6 rings (SSSR count). The van der Waals surface area contributed by atoms with Crippen molar-refractivity contribution in [1.29, 1.82) is 5.26 Å². The molecule has 0 amide bonds. The van der Waals surface area contributed by atoms with Gasteiger partial charge in [-0.1, -0.05) is 49.7 Å². The van der Waals surface area contributed by atoms with Gasteiger partial charge in [0.15, 0.2) is 5.54 Å². The minimum atomic E-state index is -4.47. The van der Waals surface area contributed by atoms with Gasteiger partial charge in [0.1, 0.15) is 18.1 Å². The Hall–Kier alpha value is -4.77. The van der Waals surface area contributed by atoms with Crippen LogP contribution in [0.5, 0.6) is 0 Å². The van der Waals surface area contributed by atoms with Gasteiger partial charge >= 0.3 is 6.18 Å². The predicted molar refractivity (Wildman–Crippen MR) is 162 cm³/mol. The molecule has 2 aromatic carbocycles. The number of alkyl halides is 3. The smallest absolute Gasteiger partial charge is 0.383 e. The van der Waals surface area contributed by atoms with E-state index in [0.717, 1.165) is 10.2 Å². The fraction of sp³-hybridized carbons (Fsp3) is 0.367. The number of tetrazole rings is 1. The second kappa shape index (κ2) is 11.0. The molecule has 0 aliphatic heterocycles. The number of nitrogens with one attached hydrogen (secondary N) is 2. The summed E-state index contributed by atoms with van der Waals surface area (Å²) >= 11 is 6.75. The van der Waals surface area contributed by atoms with E-state index in [1.54, 1.807) is 6.07 Å². The second-order valence-corrected chi connectivity index (χ2v) is 12.8. The van der Waals surface area contributed by atoms with Gasteiger partial charge in [0, 0.05) is 23.8 Å². The first-order valence-corrected chi connectivity index (χ1v) is 14.5. The zero-order chi connectivity index (χ0) is 32.1. The highest BCUT2D eigenvalue weighted by molar-refractivity contribution is 6.35. The van der Waals surface area contributed by atoms with Gasteiger partial charge in [-0.25, -0.2) is 9.36 Å². The highest BCUT2D eigenvalue weighted by Crippen LogP contribution is 2.55. The molecule has 1 aliphatic rings. The zero-order valence-electron chi connectivity index (χ0n) is 24.9. The molecule has 0 unspecified atom stereocenters. The lowest BCUT2D eigenvalue weighted by Crippen LogP contribution is -2.35. The van der Waals surface area contributed by atoms with E-state index in [9.17, 15) is 18.4 Å². The van der Waals surface area contributed by atoms with E-state index in [2.05, 4.69) is 68.3 Å². The Morgan fingerprint density at radius 2 is 1.93 bits per heavy atom. The molecule has 3 heterocycles. The third-order valence-corrected chi connectivity index (χ3v) is 8.19. The number of pyridine rings is 1. The number of rotatable bonds is 8. The maximum Gasteiger partial charge on any atom is 0.413 e. The summed E-state index contributed by atoms with van der Waals surface area (Å²) in [6, 6.07) is 10.4. The predicted octanol–water partition coefficient (Wildman–Crippen LogP) is 6.35. The molecule has 232 valence electrons. The van der Waals surface area contributed by atoms with Crippen LogP contribution in [-0.4, -0.2) is 52.9 Å². The summed E-state index contributed by atoms with van der Waals surface area (Å²) in [5, 5.41) is 37.3. The van der Waals surface area contributed by atoms with Crippen molar-refractivity contribution in [3.8, 4) is 11.8 Å². The first kappa shape index (κ1) is 30.3. The van der Waals surface area contributed by atoms with Crippen LogP contribution in [0.2, 0.25) is 5.02 Å². The van der Waals surface area contributed by atoms with Crippen LogP contribution in [0.15, 0.2) is 49.1 Å². The van der Waals surface area contributed by atoms with Crippen LogP contribution in [0.3, 0.4) is 0 Å². The molecular weight excluding hydrogens is 607 g/mol. The van der Waals surface area contributed by atoms with E-state index in [-0.39, 0.29) is 24.0 Å². The van der Waals surface area contributed by atoms with Crippen molar-refractivity contribution in [2.24, 2.45) is 5.41 Å². The van der Waals surface area contributed by atoms with Crippen LogP contribution in [-0.2, 0) is 5.54 Å². The molecule has 0 radical (unpaired) electrons. The molecule has 2 N–H and O–H groups in total. The Morgan fingerprint density at radius 1 is 1.16 bits per heavy atom. The lowest BCUT2D eigenvalue weighted by atomic mass is 9.96. The van der Waals surface area contributed by atoms with Gasteiger partial charge in [0.2, 0.25) is 0 Å². The minimum Gasteiger partial charge on any atom is -0.383 e. The van der Waals surface area contributed by atoms with Crippen LogP contribution < -0.4 is 10.6 Å². The molecule has 3 aromatic heterocycles. The van der Waals surface area contributed by atoms with Crippen molar-refractivity contribution in [3.05, 3.63) is 76.5 Å². The maximum atomic E-state index is 14.0. The lowest BCUT2D eigenvalue weighted by molar-refractivity contribution is -0.182. The topological polar surface area (TPSA) is 135 Å². The summed E-state index contributed by atoms with van der Waals surface area (Å²) < 4.78 is 44.4. The zero-order valence-corrected chi connectivity index (χ0v) is 25.6. The van der Waals surface area contributed by atoms with E-state index in [1.807, 2.05) is 31.2 Å². The van der Waals surface area contributed by atoms with Crippen LogP contribution >= 0.6 is 11.6 Å². The first-order chi connectivity index (χ1) is 21.3. The van der Waals surface area contributed by atoms with Crippen molar-refractivity contribution in [2.75, 3.05) is 17.2 Å². The summed E-state index contributed by atoms with van der Waals surface area (Å²) in [5.74, 6) is 0. The fourth-order valence-corrected chi connectivity index (χ4v) is 5.57. The number of nitriles is 1. The quantitative estimate of drug-likeness (QED) is 0.200. The van der Waals surface area contributed by atoms with Gasteiger partial charge in [-0.15, -0.1) is 10.2 Å². The monoisotopic (exact) mass is 635 g/mol. The van der Waals surface area contributed by atoms with Gasteiger partial charge in [0.05, 0.1) is 39.7 Å². The Morgan fingerprint density at radius 3 is 2.58 bits per heavy atom. The maximum absolute atomic E-state index is 14.0. The van der Waals surface area contributed by atoms with Crippen LogP contribution in [0.1, 0.15) is 62.0 Å². The second-order valence-electron chi connectivity index (χ2n) is 12.4. The number of hydrogen-bond donors (Lipinski definition) is 2. The highest BCUT2D eigenvalue weighted by Gasteiger charge is 2.66. The van der Waals surface area contributed by atoms with E-state index in [4.69, 9.17) is 11.6 Å². The molecule has 1 saturated carbocycles. The van der Waals surface area contributed by atoms with Crippen LogP contribution in [0, 0.1) is 23.7 Å². The molecule has 11 nitrogen and oxygen atoms in total. The molecule has 1 atom stereocenters. The summed E-state index contributed by atoms with van der Waals surface area (Å²) in [7, 11) is 0. The number of fused-ring (bicyclic) bond motifs is 1. The van der Waals surface area contributed by atoms with Gasteiger partial charge in [-0.3, -0.25) is 4.98 Å². The number of hydrogen-bond acceptors (Lipinski definition) is 9. The summed E-state index contributed by atoms with van der Waals surface area (Å²) in [6.45, 7) is 8.66. The third-order valence-electron chi connectivity index (χ3n) is 7.90. The Bertz CT molecular complexity index is 1920. The normalized spacial score (nSPS) is 15.1. The van der Waals surface area contributed by atoms with Gasteiger partial charge < -0.3 is 10.6 Å². The van der Waals surface area contributed by atoms with Gasteiger partial charge in [-0.05, 0) is 64.9 Å². The molecule has 1 fully saturated rings. The number of halogens is 4. The number of aromatic nitrogens is 8. The molecule has 1 aliphatic carbocycles. The van der Waals surface area contributed by atoms with Crippen molar-refractivity contribution in [2.45, 2.75) is 58.3 Å². The van der Waals surface area contributed by atoms with E-state index >= 15 is 0 Å². The van der Waals surface area contributed by atoms with Crippen molar-refractivity contribution in [1.82, 2.24) is 40.2 Å². The molecule has 45 heavy (non-hydrogen) atoms.